The van der Waals surface area contributed by atoms with Gasteiger partial charge >= 0.3 is 0 Å². The van der Waals surface area contributed by atoms with Crippen LogP contribution in [0.1, 0.15) is 5.69 Å². The molecule has 4 heteroatoms. The van der Waals surface area contributed by atoms with Gasteiger partial charge in [-0.1, -0.05) is 18.2 Å². The van der Waals surface area contributed by atoms with Gasteiger partial charge in [0.15, 0.2) is 0 Å². The van der Waals surface area contributed by atoms with Crippen LogP contribution in [0, 0.1) is 5.92 Å². The molecule has 2 heterocycles. The van der Waals surface area contributed by atoms with Gasteiger partial charge in [-0.3, -0.25) is 9.58 Å². The molecule has 0 radical (unpaired) electrons. The average molecular weight is 231 g/mol. The highest BCUT2D eigenvalue weighted by molar-refractivity contribution is 5.81. The van der Waals surface area contributed by atoms with Crippen LogP contribution in [0.2, 0.25) is 0 Å². The predicted octanol–water partition coefficient (Wildman–Crippen LogP) is 0.997. The zero-order valence-corrected chi connectivity index (χ0v) is 10.0. The van der Waals surface area contributed by atoms with Crippen molar-refractivity contribution in [3.8, 4) is 0 Å². The molecule has 0 aliphatic carbocycles. The zero-order chi connectivity index (χ0) is 11.8. The Morgan fingerprint density at radius 1 is 1.35 bits per heavy atom. The lowest BCUT2D eigenvalue weighted by Gasteiger charge is -2.37. The number of hydrogen-bond acceptors (Lipinski definition) is 3. The zero-order valence-electron chi connectivity index (χ0n) is 10.0. The van der Waals surface area contributed by atoms with Crippen molar-refractivity contribution >= 4 is 10.9 Å². The first-order valence-corrected chi connectivity index (χ1v) is 6.01. The van der Waals surface area contributed by atoms with Gasteiger partial charge in [0, 0.05) is 44.6 Å². The molecule has 1 aromatic carbocycles. The van der Waals surface area contributed by atoms with E-state index in [1.165, 1.54) is 10.9 Å². The fourth-order valence-electron chi connectivity index (χ4n) is 2.54. The maximum atomic E-state index is 9.00. The van der Waals surface area contributed by atoms with Crippen molar-refractivity contribution in [3.63, 3.8) is 0 Å². The summed E-state index contributed by atoms with van der Waals surface area (Å²) in [4.78, 5) is 2.33. The van der Waals surface area contributed by atoms with E-state index in [9.17, 15) is 0 Å². The van der Waals surface area contributed by atoms with Gasteiger partial charge in [-0.15, -0.1) is 0 Å². The van der Waals surface area contributed by atoms with Crippen LogP contribution in [-0.2, 0) is 13.6 Å². The molecule has 1 saturated heterocycles. The standard InChI is InChI=1S/C13H17N3O/c1-15-13-5-3-2-4-11(13)12(14-15)8-16-6-10(7-16)9-17/h2-5,10,17H,6-9H2,1H3. The Bertz CT molecular complexity index is 528. The fourth-order valence-corrected chi connectivity index (χ4v) is 2.54. The summed E-state index contributed by atoms with van der Waals surface area (Å²) in [5.41, 5.74) is 2.32. The summed E-state index contributed by atoms with van der Waals surface area (Å²) in [5.74, 6) is 0.463. The van der Waals surface area contributed by atoms with E-state index >= 15 is 0 Å². The van der Waals surface area contributed by atoms with Crippen molar-refractivity contribution in [1.29, 1.82) is 0 Å². The third-order valence-electron chi connectivity index (χ3n) is 3.50. The number of benzene rings is 1. The second-order valence-electron chi connectivity index (χ2n) is 4.83. The monoisotopic (exact) mass is 231 g/mol. The van der Waals surface area contributed by atoms with E-state index in [1.807, 2.05) is 17.8 Å². The second-order valence-corrected chi connectivity index (χ2v) is 4.83. The molecule has 1 aliphatic heterocycles. The topological polar surface area (TPSA) is 41.3 Å². The molecule has 1 fully saturated rings. The summed E-state index contributed by atoms with van der Waals surface area (Å²) >= 11 is 0. The van der Waals surface area contributed by atoms with Crippen molar-refractivity contribution in [2.75, 3.05) is 19.7 Å². The molecule has 1 aromatic heterocycles. The lowest BCUT2D eigenvalue weighted by atomic mass is 10.0. The van der Waals surface area contributed by atoms with E-state index in [1.54, 1.807) is 0 Å². The first-order valence-electron chi connectivity index (χ1n) is 6.01. The van der Waals surface area contributed by atoms with Crippen LogP contribution in [0.3, 0.4) is 0 Å². The van der Waals surface area contributed by atoms with E-state index in [4.69, 9.17) is 5.11 Å². The summed E-state index contributed by atoms with van der Waals surface area (Å²) in [5, 5.41) is 14.8. The molecule has 0 spiro atoms. The van der Waals surface area contributed by atoms with Gasteiger partial charge < -0.3 is 5.11 Å². The smallest absolute Gasteiger partial charge is 0.0843 e. The maximum absolute atomic E-state index is 9.00. The molecule has 3 rings (SSSR count). The Morgan fingerprint density at radius 3 is 2.88 bits per heavy atom. The van der Waals surface area contributed by atoms with Crippen molar-refractivity contribution in [2.24, 2.45) is 13.0 Å². The van der Waals surface area contributed by atoms with Crippen LogP contribution < -0.4 is 0 Å². The molecule has 1 N–H and O–H groups in total. The molecule has 0 amide bonds. The molecular formula is C13H17N3O. The number of aryl methyl sites for hydroxylation is 1. The highest BCUT2D eigenvalue weighted by Gasteiger charge is 2.26. The summed E-state index contributed by atoms with van der Waals surface area (Å²) in [6.45, 7) is 3.17. The average Bonchev–Trinajstić information content (AvgIpc) is 2.61. The lowest BCUT2D eigenvalue weighted by molar-refractivity contribution is 0.0472. The maximum Gasteiger partial charge on any atom is 0.0843 e. The van der Waals surface area contributed by atoms with Crippen LogP contribution in [0.4, 0.5) is 0 Å². The van der Waals surface area contributed by atoms with Gasteiger partial charge in [0.05, 0.1) is 11.2 Å². The summed E-state index contributed by atoms with van der Waals surface area (Å²) in [6, 6.07) is 8.32. The number of rotatable bonds is 3. The molecule has 17 heavy (non-hydrogen) atoms. The van der Waals surface area contributed by atoms with Crippen LogP contribution in [0.5, 0.6) is 0 Å². The summed E-state index contributed by atoms with van der Waals surface area (Å²) < 4.78 is 1.94. The second kappa shape index (κ2) is 4.13. The van der Waals surface area contributed by atoms with Crippen LogP contribution in [0.25, 0.3) is 10.9 Å². The van der Waals surface area contributed by atoms with E-state index in [0.717, 1.165) is 25.3 Å². The minimum absolute atomic E-state index is 0.305. The number of aromatic nitrogens is 2. The van der Waals surface area contributed by atoms with Gasteiger partial charge in [-0.25, -0.2) is 0 Å². The molecule has 2 aromatic rings. The number of aliphatic hydroxyl groups is 1. The Morgan fingerprint density at radius 2 is 2.12 bits per heavy atom. The number of hydrogen-bond donors (Lipinski definition) is 1. The van der Waals surface area contributed by atoms with Crippen LogP contribution >= 0.6 is 0 Å². The fraction of sp³-hybridized carbons (Fsp3) is 0.462. The Hall–Kier alpha value is -1.39. The number of aliphatic hydroxyl groups excluding tert-OH is 1. The molecule has 0 unspecified atom stereocenters. The Kier molecular flexibility index (Phi) is 2.61. The highest BCUT2D eigenvalue weighted by Crippen LogP contribution is 2.22. The van der Waals surface area contributed by atoms with Crippen LogP contribution in [0.15, 0.2) is 24.3 Å². The van der Waals surface area contributed by atoms with E-state index in [-0.39, 0.29) is 0 Å². The van der Waals surface area contributed by atoms with Crippen LogP contribution in [-0.4, -0.2) is 39.5 Å². The predicted molar refractivity (Wildman–Crippen MR) is 66.6 cm³/mol. The lowest BCUT2D eigenvalue weighted by Crippen LogP contribution is -2.47. The molecule has 4 nitrogen and oxygen atoms in total. The Labute approximate surface area is 100 Å². The van der Waals surface area contributed by atoms with E-state index in [2.05, 4.69) is 28.2 Å². The van der Waals surface area contributed by atoms with E-state index < -0.39 is 0 Å². The third-order valence-corrected chi connectivity index (χ3v) is 3.50. The third kappa shape index (κ3) is 1.83. The minimum Gasteiger partial charge on any atom is -0.396 e. The molecule has 0 atom stereocenters. The quantitative estimate of drug-likeness (QED) is 0.856. The van der Waals surface area contributed by atoms with Crippen molar-refractivity contribution in [1.82, 2.24) is 14.7 Å². The SMILES string of the molecule is Cn1nc(CN2CC(CO)C2)c2ccccc21. The first kappa shape index (κ1) is 10.7. The highest BCUT2D eigenvalue weighted by atomic mass is 16.3. The number of para-hydroxylation sites is 1. The number of likely N-dealkylation sites (tertiary alicyclic amines) is 1. The van der Waals surface area contributed by atoms with Gasteiger partial charge in [-0.05, 0) is 6.07 Å². The molecule has 0 bridgehead atoms. The minimum atomic E-state index is 0.305. The van der Waals surface area contributed by atoms with Gasteiger partial charge in [-0.2, -0.15) is 5.10 Å². The number of nitrogens with zero attached hydrogens (tertiary/aromatic N) is 3. The molecule has 90 valence electrons. The summed E-state index contributed by atoms with van der Waals surface area (Å²) in [6.07, 6.45) is 0. The molecular weight excluding hydrogens is 214 g/mol. The first-order chi connectivity index (χ1) is 8.28. The van der Waals surface area contributed by atoms with Crippen molar-refractivity contribution in [2.45, 2.75) is 6.54 Å². The van der Waals surface area contributed by atoms with Crippen molar-refractivity contribution < 1.29 is 5.11 Å². The Balaban J connectivity index is 1.82. The molecule has 0 saturated carbocycles. The van der Waals surface area contributed by atoms with Gasteiger partial charge in [0.25, 0.3) is 0 Å². The molecule has 1 aliphatic rings. The normalized spacial score (nSPS) is 17.5. The van der Waals surface area contributed by atoms with Crippen molar-refractivity contribution in [3.05, 3.63) is 30.0 Å². The number of fused-ring (bicyclic) bond motifs is 1. The van der Waals surface area contributed by atoms with Gasteiger partial charge in [0.2, 0.25) is 0 Å². The summed E-state index contributed by atoms with van der Waals surface area (Å²) in [7, 11) is 1.98. The van der Waals surface area contributed by atoms with E-state index in [0.29, 0.717) is 12.5 Å². The van der Waals surface area contributed by atoms with Gasteiger partial charge in [0.1, 0.15) is 0 Å². The largest absolute Gasteiger partial charge is 0.396 e.